The molecule has 0 heterocycles. The van der Waals surface area contributed by atoms with Crippen LogP contribution in [0.4, 0.5) is 5.69 Å². The van der Waals surface area contributed by atoms with E-state index in [4.69, 9.17) is 5.11 Å². The molecule has 1 rings (SSSR count). The number of hydrogen-bond donors (Lipinski definition) is 5. The van der Waals surface area contributed by atoms with E-state index in [1.165, 1.54) is 5.56 Å². The van der Waals surface area contributed by atoms with Crippen LogP contribution in [0.1, 0.15) is 11.1 Å². The zero-order chi connectivity index (χ0) is 13.7. The second kappa shape index (κ2) is 6.70. The van der Waals surface area contributed by atoms with Gasteiger partial charge >= 0.3 is 0 Å². The molecular weight excluding hydrogens is 234 g/mol. The summed E-state index contributed by atoms with van der Waals surface area (Å²) >= 11 is 0. The lowest BCUT2D eigenvalue weighted by molar-refractivity contribution is -0.0715. The number of nitrogens with one attached hydrogen (secondary N) is 1. The fourth-order valence-corrected chi connectivity index (χ4v) is 1.56. The van der Waals surface area contributed by atoms with Crippen LogP contribution in [-0.2, 0) is 0 Å². The van der Waals surface area contributed by atoms with Gasteiger partial charge in [0.25, 0.3) is 0 Å². The Morgan fingerprint density at radius 1 is 1.06 bits per heavy atom. The largest absolute Gasteiger partial charge is 0.394 e. The number of anilines is 1. The van der Waals surface area contributed by atoms with Crippen molar-refractivity contribution < 1.29 is 20.4 Å². The van der Waals surface area contributed by atoms with Crippen molar-refractivity contribution >= 4 is 5.69 Å². The molecule has 3 atom stereocenters. The summed E-state index contributed by atoms with van der Waals surface area (Å²) in [6.45, 7) is 3.51. The van der Waals surface area contributed by atoms with Gasteiger partial charge in [-0.1, -0.05) is 6.07 Å². The Balaban J connectivity index is 2.51. The topological polar surface area (TPSA) is 93.0 Å². The maximum Gasteiger partial charge on any atom is 0.110 e. The molecule has 0 aliphatic carbocycles. The van der Waals surface area contributed by atoms with E-state index in [1.807, 2.05) is 32.0 Å². The molecule has 0 saturated heterocycles. The van der Waals surface area contributed by atoms with Crippen LogP contribution in [-0.4, -0.2) is 51.9 Å². The average Bonchev–Trinajstić information content (AvgIpc) is 2.37. The molecule has 0 amide bonds. The molecule has 0 radical (unpaired) electrons. The van der Waals surface area contributed by atoms with Crippen LogP contribution in [0.3, 0.4) is 0 Å². The molecule has 102 valence electrons. The maximum atomic E-state index is 9.62. The molecule has 1 aromatic carbocycles. The Morgan fingerprint density at radius 2 is 1.72 bits per heavy atom. The number of aryl methyl sites for hydroxylation is 2. The van der Waals surface area contributed by atoms with Crippen LogP contribution >= 0.6 is 0 Å². The number of rotatable bonds is 6. The van der Waals surface area contributed by atoms with Crippen LogP contribution in [0.2, 0.25) is 0 Å². The van der Waals surface area contributed by atoms with E-state index >= 15 is 0 Å². The number of hydrogen-bond acceptors (Lipinski definition) is 5. The Labute approximate surface area is 107 Å². The molecule has 1 aromatic rings. The molecule has 18 heavy (non-hydrogen) atoms. The molecule has 0 bridgehead atoms. The lowest BCUT2D eigenvalue weighted by Gasteiger charge is -2.22. The third-order valence-corrected chi connectivity index (χ3v) is 3.00. The number of aliphatic hydroxyl groups is 4. The molecule has 0 fully saturated rings. The normalized spacial score (nSPS) is 16.1. The second-order valence-electron chi connectivity index (χ2n) is 4.49. The minimum absolute atomic E-state index is 0.0979. The lowest BCUT2D eigenvalue weighted by atomic mass is 10.1. The third-order valence-electron chi connectivity index (χ3n) is 3.00. The van der Waals surface area contributed by atoms with Gasteiger partial charge in [0.1, 0.15) is 12.2 Å². The highest BCUT2D eigenvalue weighted by Gasteiger charge is 2.23. The van der Waals surface area contributed by atoms with Gasteiger partial charge in [-0.25, -0.2) is 0 Å². The Hall–Kier alpha value is -1.14. The highest BCUT2D eigenvalue weighted by Crippen LogP contribution is 2.14. The van der Waals surface area contributed by atoms with Crippen molar-refractivity contribution in [1.82, 2.24) is 0 Å². The van der Waals surface area contributed by atoms with E-state index in [0.717, 1.165) is 11.3 Å². The van der Waals surface area contributed by atoms with Crippen molar-refractivity contribution in [2.24, 2.45) is 0 Å². The van der Waals surface area contributed by atoms with Gasteiger partial charge in [0.15, 0.2) is 0 Å². The fourth-order valence-electron chi connectivity index (χ4n) is 1.56. The van der Waals surface area contributed by atoms with E-state index in [0.29, 0.717) is 0 Å². The quantitative estimate of drug-likeness (QED) is 0.485. The first-order valence-electron chi connectivity index (χ1n) is 5.92. The molecule has 0 unspecified atom stereocenters. The summed E-state index contributed by atoms with van der Waals surface area (Å²) in [4.78, 5) is 0. The summed E-state index contributed by atoms with van der Waals surface area (Å²) in [7, 11) is 0. The SMILES string of the molecule is Cc1ccc(NC[C@@H](O)[C@@H](O)[C@@H](O)CO)cc1C. The van der Waals surface area contributed by atoms with E-state index in [9.17, 15) is 15.3 Å². The van der Waals surface area contributed by atoms with Crippen molar-refractivity contribution in [1.29, 1.82) is 0 Å². The van der Waals surface area contributed by atoms with Crippen molar-refractivity contribution in [3.05, 3.63) is 29.3 Å². The van der Waals surface area contributed by atoms with Crippen LogP contribution in [0.15, 0.2) is 18.2 Å². The van der Waals surface area contributed by atoms with E-state index < -0.39 is 24.9 Å². The summed E-state index contributed by atoms with van der Waals surface area (Å²) in [6.07, 6.45) is -3.84. The molecule has 5 heteroatoms. The first-order chi connectivity index (χ1) is 8.45. The third kappa shape index (κ3) is 3.96. The van der Waals surface area contributed by atoms with Gasteiger partial charge in [-0.2, -0.15) is 0 Å². The van der Waals surface area contributed by atoms with Gasteiger partial charge in [0, 0.05) is 12.2 Å². The Kier molecular flexibility index (Phi) is 5.55. The van der Waals surface area contributed by atoms with Gasteiger partial charge < -0.3 is 25.7 Å². The highest BCUT2D eigenvalue weighted by molar-refractivity contribution is 5.48. The van der Waals surface area contributed by atoms with Crippen LogP contribution in [0, 0.1) is 13.8 Å². The molecule has 5 nitrogen and oxygen atoms in total. The summed E-state index contributed by atoms with van der Waals surface area (Å²) in [5.41, 5.74) is 3.14. The summed E-state index contributed by atoms with van der Waals surface area (Å²) in [6, 6.07) is 5.78. The van der Waals surface area contributed by atoms with Crippen molar-refractivity contribution in [3.63, 3.8) is 0 Å². The molecule has 0 aromatic heterocycles. The molecule has 0 saturated carbocycles. The average molecular weight is 255 g/mol. The smallest absolute Gasteiger partial charge is 0.110 e. The standard InChI is InChI=1S/C13H21NO4/c1-8-3-4-10(5-9(8)2)14-6-11(16)13(18)12(17)7-15/h3-5,11-18H,6-7H2,1-2H3/t11-,12+,13-/m1/s1. The zero-order valence-corrected chi connectivity index (χ0v) is 10.7. The maximum absolute atomic E-state index is 9.62. The summed E-state index contributed by atoms with van der Waals surface area (Å²) in [5, 5.41) is 39.9. The van der Waals surface area contributed by atoms with Gasteiger partial charge in [0.2, 0.25) is 0 Å². The molecular formula is C13H21NO4. The predicted molar refractivity (Wildman–Crippen MR) is 69.5 cm³/mol. The second-order valence-corrected chi connectivity index (χ2v) is 4.49. The number of benzene rings is 1. The first kappa shape index (κ1) is 14.9. The molecule has 0 aliphatic rings. The van der Waals surface area contributed by atoms with E-state index in [1.54, 1.807) is 0 Å². The van der Waals surface area contributed by atoms with E-state index in [-0.39, 0.29) is 6.54 Å². The van der Waals surface area contributed by atoms with Gasteiger partial charge in [-0.15, -0.1) is 0 Å². The van der Waals surface area contributed by atoms with Crippen molar-refractivity contribution in [2.45, 2.75) is 32.2 Å². The summed E-state index contributed by atoms with van der Waals surface area (Å²) in [5.74, 6) is 0. The Morgan fingerprint density at radius 3 is 2.28 bits per heavy atom. The lowest BCUT2D eigenvalue weighted by Crippen LogP contribution is -2.42. The number of aliphatic hydroxyl groups excluding tert-OH is 4. The molecule has 5 N–H and O–H groups in total. The molecule has 0 spiro atoms. The fraction of sp³-hybridized carbons (Fsp3) is 0.538. The van der Waals surface area contributed by atoms with Crippen molar-refractivity contribution in [3.8, 4) is 0 Å². The van der Waals surface area contributed by atoms with Crippen LogP contribution < -0.4 is 5.32 Å². The zero-order valence-electron chi connectivity index (χ0n) is 10.7. The Bertz CT molecular complexity index is 383. The van der Waals surface area contributed by atoms with Gasteiger partial charge in [-0.3, -0.25) is 0 Å². The van der Waals surface area contributed by atoms with E-state index in [2.05, 4.69) is 5.32 Å². The van der Waals surface area contributed by atoms with Crippen molar-refractivity contribution in [2.75, 3.05) is 18.5 Å². The predicted octanol–water partition coefficient (Wildman–Crippen LogP) is -0.210. The molecule has 0 aliphatic heterocycles. The van der Waals surface area contributed by atoms with Crippen LogP contribution in [0.25, 0.3) is 0 Å². The highest BCUT2D eigenvalue weighted by atomic mass is 16.4. The van der Waals surface area contributed by atoms with Gasteiger partial charge in [0.05, 0.1) is 12.7 Å². The van der Waals surface area contributed by atoms with Crippen LogP contribution in [0.5, 0.6) is 0 Å². The minimum atomic E-state index is -1.37. The monoisotopic (exact) mass is 255 g/mol. The first-order valence-corrected chi connectivity index (χ1v) is 5.92. The minimum Gasteiger partial charge on any atom is -0.394 e. The van der Waals surface area contributed by atoms with Gasteiger partial charge in [-0.05, 0) is 37.1 Å². The summed E-state index contributed by atoms with van der Waals surface area (Å²) < 4.78 is 0.